The summed E-state index contributed by atoms with van der Waals surface area (Å²) < 4.78 is 2.62. The van der Waals surface area contributed by atoms with Gasteiger partial charge in [0.05, 0.1) is 0 Å². The fourth-order valence-electron chi connectivity index (χ4n) is 2.96. The molecule has 1 nitrogen and oxygen atoms in total. The summed E-state index contributed by atoms with van der Waals surface area (Å²) in [6.07, 6.45) is 2.08. The molecule has 0 spiro atoms. The molecule has 0 amide bonds. The number of benzene rings is 1. The van der Waals surface area contributed by atoms with E-state index < -0.39 is 16.5 Å². The lowest BCUT2D eigenvalue weighted by Gasteiger charge is -2.38. The van der Waals surface area contributed by atoms with Crippen LogP contribution in [0.5, 0.6) is 0 Å². The minimum atomic E-state index is -1.45. The van der Waals surface area contributed by atoms with Crippen molar-refractivity contribution in [3.8, 4) is 0 Å². The minimum Gasteiger partial charge on any atom is -0.424 e. The molecule has 0 saturated heterocycles. The third-order valence-electron chi connectivity index (χ3n) is 3.63. The molecule has 0 unspecified atom stereocenters. The maximum absolute atomic E-state index is 4.01. The van der Waals surface area contributed by atoms with Gasteiger partial charge in [-0.1, -0.05) is 30.8 Å². The molecule has 0 atom stereocenters. The molecule has 0 aromatic heterocycles. The summed E-state index contributed by atoms with van der Waals surface area (Å²) in [4.78, 5) is 0. The van der Waals surface area contributed by atoms with Crippen LogP contribution in [0.15, 0.2) is 37.0 Å². The fourth-order valence-corrected chi connectivity index (χ4v) is 15.0. The molecule has 1 heterocycles. The van der Waals surface area contributed by atoms with Gasteiger partial charge >= 0.3 is 0 Å². The van der Waals surface area contributed by atoms with E-state index in [0.29, 0.717) is 0 Å². The highest BCUT2D eigenvalue weighted by molar-refractivity contribution is 7.10. The monoisotopic (exact) mass is 233 g/mol. The zero-order valence-electron chi connectivity index (χ0n) is 10.0. The summed E-state index contributed by atoms with van der Waals surface area (Å²) in [6.45, 7) is 13.7. The summed E-state index contributed by atoms with van der Waals surface area (Å²) in [5, 5.41) is 3.23. The normalized spacial score (nSPS) is 21.2. The van der Waals surface area contributed by atoms with Crippen LogP contribution in [0.25, 0.3) is 0 Å². The first-order valence-corrected chi connectivity index (χ1v) is 11.3. The molecule has 80 valence electrons. The smallest absolute Gasteiger partial charge is 0.173 e. The molecule has 0 fully saturated rings. The van der Waals surface area contributed by atoms with E-state index in [0.717, 1.165) is 0 Å². The molecule has 0 N–H and O–H groups in total. The SMILES string of the molecule is C=CN1[Si](C)(C)c2ccccc2[Si]1(C)C. The molecule has 0 radical (unpaired) electrons. The van der Waals surface area contributed by atoms with E-state index >= 15 is 0 Å². The number of hydrogen-bond donors (Lipinski definition) is 0. The zero-order chi connectivity index (χ0) is 11.3. The topological polar surface area (TPSA) is 3.24 Å². The Bertz CT molecular complexity index is 375. The molecular formula is C12H19NSi2. The predicted octanol–water partition coefficient (Wildman–Crippen LogP) is 1.97. The lowest BCUT2D eigenvalue weighted by molar-refractivity contribution is 0.866. The number of rotatable bonds is 1. The molecule has 1 aliphatic heterocycles. The van der Waals surface area contributed by atoms with Gasteiger partial charge in [0, 0.05) is 0 Å². The second-order valence-electron chi connectivity index (χ2n) is 5.22. The predicted molar refractivity (Wildman–Crippen MR) is 72.7 cm³/mol. The van der Waals surface area contributed by atoms with Gasteiger partial charge in [0.1, 0.15) is 0 Å². The molecular weight excluding hydrogens is 214 g/mol. The maximum atomic E-state index is 4.01. The quantitative estimate of drug-likeness (QED) is 0.671. The zero-order valence-corrected chi connectivity index (χ0v) is 12.0. The molecule has 0 saturated carbocycles. The minimum absolute atomic E-state index is 1.45. The summed E-state index contributed by atoms with van der Waals surface area (Å²) in [5.74, 6) is 0. The Morgan fingerprint density at radius 1 is 1.00 bits per heavy atom. The van der Waals surface area contributed by atoms with Gasteiger partial charge in [0.15, 0.2) is 16.5 Å². The summed E-state index contributed by atoms with van der Waals surface area (Å²) in [6, 6.07) is 8.98. The molecule has 1 aromatic rings. The molecule has 2 rings (SSSR count). The average Bonchev–Trinajstić information content (AvgIpc) is 2.32. The first-order chi connectivity index (χ1) is 6.92. The van der Waals surface area contributed by atoms with Crippen LogP contribution in [-0.4, -0.2) is 20.7 Å². The lowest BCUT2D eigenvalue weighted by Crippen LogP contribution is -2.57. The molecule has 0 bridgehead atoms. The van der Waals surface area contributed by atoms with Gasteiger partial charge in [-0.3, -0.25) is 0 Å². The van der Waals surface area contributed by atoms with Crippen molar-refractivity contribution in [2.45, 2.75) is 26.2 Å². The van der Waals surface area contributed by atoms with Crippen molar-refractivity contribution < 1.29 is 0 Å². The van der Waals surface area contributed by atoms with Crippen LogP contribution in [0.4, 0.5) is 0 Å². The van der Waals surface area contributed by atoms with E-state index in [-0.39, 0.29) is 0 Å². The van der Waals surface area contributed by atoms with Crippen LogP contribution in [0.1, 0.15) is 0 Å². The van der Waals surface area contributed by atoms with Crippen molar-refractivity contribution in [3.63, 3.8) is 0 Å². The van der Waals surface area contributed by atoms with Crippen LogP contribution in [0.3, 0.4) is 0 Å². The van der Waals surface area contributed by atoms with Crippen LogP contribution < -0.4 is 10.4 Å². The number of fused-ring (bicyclic) bond motifs is 1. The number of hydrogen-bond acceptors (Lipinski definition) is 1. The molecule has 0 aliphatic carbocycles. The Balaban J connectivity index is 2.70. The highest BCUT2D eigenvalue weighted by Crippen LogP contribution is 2.25. The Kier molecular flexibility index (Phi) is 2.21. The standard InChI is InChI=1S/C12H19NSi2/c1-6-13-14(2,3)11-9-7-8-10-12(11)15(13,4)5/h6-10H,1H2,2-5H3. The maximum Gasteiger partial charge on any atom is 0.173 e. The van der Waals surface area contributed by atoms with Gasteiger partial charge in [-0.25, -0.2) is 0 Å². The third kappa shape index (κ3) is 1.26. The van der Waals surface area contributed by atoms with E-state index in [9.17, 15) is 0 Å². The van der Waals surface area contributed by atoms with Crippen molar-refractivity contribution in [2.24, 2.45) is 0 Å². The van der Waals surface area contributed by atoms with Crippen LogP contribution in [-0.2, 0) is 0 Å². The summed E-state index contributed by atoms with van der Waals surface area (Å²) in [7, 11) is -2.90. The van der Waals surface area contributed by atoms with E-state index in [1.165, 1.54) is 0 Å². The molecule has 1 aliphatic rings. The fraction of sp³-hybridized carbons (Fsp3) is 0.333. The number of nitrogens with zero attached hydrogens (tertiary/aromatic N) is 1. The van der Waals surface area contributed by atoms with Crippen molar-refractivity contribution in [1.29, 1.82) is 0 Å². The van der Waals surface area contributed by atoms with E-state index in [1.807, 2.05) is 0 Å². The van der Waals surface area contributed by atoms with Crippen molar-refractivity contribution in [2.75, 3.05) is 0 Å². The Morgan fingerprint density at radius 2 is 1.40 bits per heavy atom. The average molecular weight is 233 g/mol. The van der Waals surface area contributed by atoms with Crippen molar-refractivity contribution in [1.82, 2.24) is 4.23 Å². The first kappa shape index (κ1) is 10.7. The van der Waals surface area contributed by atoms with Gasteiger partial charge in [0.2, 0.25) is 0 Å². The third-order valence-corrected chi connectivity index (χ3v) is 13.5. The Labute approximate surface area is 94.6 Å². The van der Waals surface area contributed by atoms with Crippen molar-refractivity contribution in [3.05, 3.63) is 37.0 Å². The van der Waals surface area contributed by atoms with E-state index in [1.54, 1.807) is 10.4 Å². The Morgan fingerprint density at radius 3 is 1.73 bits per heavy atom. The largest absolute Gasteiger partial charge is 0.424 e. The van der Waals surface area contributed by atoms with Gasteiger partial charge < -0.3 is 4.23 Å². The first-order valence-electron chi connectivity index (χ1n) is 5.44. The highest BCUT2D eigenvalue weighted by Gasteiger charge is 2.49. The van der Waals surface area contributed by atoms with Gasteiger partial charge in [-0.2, -0.15) is 0 Å². The summed E-state index contributed by atoms with van der Waals surface area (Å²) >= 11 is 0. The van der Waals surface area contributed by atoms with Gasteiger partial charge in [-0.05, 0) is 42.8 Å². The summed E-state index contributed by atoms with van der Waals surface area (Å²) in [5.41, 5.74) is 0. The van der Waals surface area contributed by atoms with Gasteiger partial charge in [0.25, 0.3) is 0 Å². The van der Waals surface area contributed by atoms with Crippen LogP contribution >= 0.6 is 0 Å². The van der Waals surface area contributed by atoms with Crippen LogP contribution in [0, 0.1) is 0 Å². The highest BCUT2D eigenvalue weighted by atomic mass is 28.4. The lowest BCUT2D eigenvalue weighted by atomic mass is 10.4. The van der Waals surface area contributed by atoms with E-state index in [4.69, 9.17) is 0 Å². The van der Waals surface area contributed by atoms with Crippen molar-refractivity contribution >= 4 is 26.8 Å². The molecule has 15 heavy (non-hydrogen) atoms. The van der Waals surface area contributed by atoms with Crippen LogP contribution in [0.2, 0.25) is 26.2 Å². The second-order valence-corrected chi connectivity index (χ2v) is 13.9. The Hall–Kier alpha value is -0.806. The second kappa shape index (κ2) is 3.09. The molecule has 3 heteroatoms. The molecule has 1 aromatic carbocycles. The van der Waals surface area contributed by atoms with E-state index in [2.05, 4.69) is 67.5 Å². The van der Waals surface area contributed by atoms with Gasteiger partial charge in [-0.15, -0.1) is 0 Å².